The van der Waals surface area contributed by atoms with Crippen molar-refractivity contribution in [3.8, 4) is 11.8 Å². The maximum Gasteiger partial charge on any atom is 0.316 e. The molecular weight excluding hydrogens is 332 g/mol. The fourth-order valence-electron chi connectivity index (χ4n) is 2.91. The van der Waals surface area contributed by atoms with Crippen LogP contribution in [-0.4, -0.2) is 53.6 Å². The van der Waals surface area contributed by atoms with Gasteiger partial charge in [0.15, 0.2) is 5.75 Å². The van der Waals surface area contributed by atoms with E-state index in [4.69, 9.17) is 9.47 Å². The maximum atomic E-state index is 12.3. The number of aromatic nitrogens is 2. The number of hydrogen-bond acceptors (Lipinski definition) is 6. The molecule has 7 heteroatoms. The molecule has 26 heavy (non-hydrogen) atoms. The number of anilines is 1. The van der Waals surface area contributed by atoms with Crippen LogP contribution in [0.4, 0.5) is 5.69 Å². The summed E-state index contributed by atoms with van der Waals surface area (Å²) in [7, 11) is 1.57. The molecule has 0 spiro atoms. The van der Waals surface area contributed by atoms with E-state index in [9.17, 15) is 4.79 Å². The summed E-state index contributed by atoms with van der Waals surface area (Å²) in [6.45, 7) is 3.92. The molecule has 7 nitrogen and oxygen atoms in total. The molecule has 2 heterocycles. The molecule has 1 unspecified atom stereocenters. The Balaban J connectivity index is 1.49. The van der Waals surface area contributed by atoms with Crippen LogP contribution in [0.1, 0.15) is 18.4 Å². The first-order valence-corrected chi connectivity index (χ1v) is 8.74. The molecule has 1 saturated heterocycles. The van der Waals surface area contributed by atoms with E-state index >= 15 is 0 Å². The number of benzene rings is 1. The van der Waals surface area contributed by atoms with Gasteiger partial charge in [0.05, 0.1) is 26.0 Å². The molecular formula is C19H24N4O3. The minimum Gasteiger partial charge on any atom is -0.494 e. The Morgan fingerprint density at radius 3 is 2.69 bits per heavy atom. The summed E-state index contributed by atoms with van der Waals surface area (Å²) in [5.74, 6) is 0.575. The van der Waals surface area contributed by atoms with Gasteiger partial charge in [-0.3, -0.25) is 9.69 Å². The van der Waals surface area contributed by atoms with Crippen LogP contribution >= 0.6 is 0 Å². The van der Waals surface area contributed by atoms with Crippen LogP contribution in [-0.2, 0) is 4.79 Å². The Hall–Kier alpha value is -2.67. The average Bonchev–Trinajstić information content (AvgIpc) is 2.64. The summed E-state index contributed by atoms with van der Waals surface area (Å²) in [4.78, 5) is 22.6. The molecule has 1 N–H and O–H groups in total. The van der Waals surface area contributed by atoms with E-state index in [0.717, 1.165) is 25.1 Å². The van der Waals surface area contributed by atoms with Crippen LogP contribution in [0.3, 0.4) is 0 Å². The van der Waals surface area contributed by atoms with Gasteiger partial charge in [-0.25, -0.2) is 0 Å². The summed E-state index contributed by atoms with van der Waals surface area (Å²) < 4.78 is 10.9. The number of methoxy groups -OCH3 is 1. The lowest BCUT2D eigenvalue weighted by Gasteiger charge is -2.31. The van der Waals surface area contributed by atoms with Gasteiger partial charge in [-0.1, -0.05) is 17.7 Å². The molecule has 1 aromatic carbocycles. The van der Waals surface area contributed by atoms with Crippen molar-refractivity contribution in [2.75, 3.05) is 32.1 Å². The number of amides is 1. The maximum absolute atomic E-state index is 12.3. The largest absolute Gasteiger partial charge is 0.494 e. The number of aryl methyl sites for hydroxylation is 1. The van der Waals surface area contributed by atoms with Crippen molar-refractivity contribution in [2.24, 2.45) is 0 Å². The van der Waals surface area contributed by atoms with Crippen molar-refractivity contribution >= 4 is 11.6 Å². The Morgan fingerprint density at radius 2 is 2.00 bits per heavy atom. The van der Waals surface area contributed by atoms with Crippen molar-refractivity contribution in [3.05, 3.63) is 42.2 Å². The standard InChI is InChI=1S/C19H24N4O3/c1-14-5-7-15(8-6-14)22-18(24)13-23-9-3-4-16(12-23)26-19-20-10-17(25-2)11-21-19/h5-8,10-11,16H,3-4,9,12-13H2,1-2H3,(H,22,24). The lowest BCUT2D eigenvalue weighted by atomic mass is 10.1. The minimum absolute atomic E-state index is 0.0183. The van der Waals surface area contributed by atoms with E-state index in [0.29, 0.717) is 24.8 Å². The number of hydrogen-bond donors (Lipinski definition) is 1. The molecule has 1 aliphatic rings. The fraction of sp³-hybridized carbons (Fsp3) is 0.421. The van der Waals surface area contributed by atoms with Crippen LogP contribution in [0.15, 0.2) is 36.7 Å². The van der Waals surface area contributed by atoms with Crippen LogP contribution in [0.25, 0.3) is 0 Å². The smallest absolute Gasteiger partial charge is 0.316 e. The zero-order valence-corrected chi connectivity index (χ0v) is 15.1. The topological polar surface area (TPSA) is 76.6 Å². The second-order valence-corrected chi connectivity index (χ2v) is 6.44. The van der Waals surface area contributed by atoms with E-state index in [1.54, 1.807) is 19.5 Å². The third-order valence-electron chi connectivity index (χ3n) is 4.28. The zero-order chi connectivity index (χ0) is 18.4. The molecule has 1 fully saturated rings. The van der Waals surface area contributed by atoms with Crippen molar-refractivity contribution in [2.45, 2.75) is 25.9 Å². The van der Waals surface area contributed by atoms with Gasteiger partial charge in [-0.05, 0) is 38.4 Å². The molecule has 3 rings (SSSR count). The van der Waals surface area contributed by atoms with E-state index in [1.165, 1.54) is 5.56 Å². The van der Waals surface area contributed by atoms with Gasteiger partial charge in [0.1, 0.15) is 6.10 Å². The van der Waals surface area contributed by atoms with Gasteiger partial charge < -0.3 is 14.8 Å². The van der Waals surface area contributed by atoms with Crippen LogP contribution in [0.2, 0.25) is 0 Å². The Morgan fingerprint density at radius 1 is 1.27 bits per heavy atom. The Labute approximate surface area is 153 Å². The number of nitrogens with one attached hydrogen (secondary N) is 1. The Kier molecular flexibility index (Phi) is 6.01. The predicted molar refractivity (Wildman–Crippen MR) is 98.5 cm³/mol. The van der Waals surface area contributed by atoms with Crippen LogP contribution in [0.5, 0.6) is 11.8 Å². The lowest BCUT2D eigenvalue weighted by Crippen LogP contribution is -2.44. The highest BCUT2D eigenvalue weighted by Gasteiger charge is 2.23. The zero-order valence-electron chi connectivity index (χ0n) is 15.1. The highest BCUT2D eigenvalue weighted by molar-refractivity contribution is 5.92. The number of ether oxygens (including phenoxy) is 2. The van der Waals surface area contributed by atoms with E-state index in [1.807, 2.05) is 31.2 Å². The third kappa shape index (κ3) is 5.16. The van der Waals surface area contributed by atoms with Crippen molar-refractivity contribution in [1.29, 1.82) is 0 Å². The molecule has 1 aromatic heterocycles. The molecule has 1 amide bonds. The van der Waals surface area contributed by atoms with E-state index in [2.05, 4.69) is 20.2 Å². The first-order chi connectivity index (χ1) is 12.6. The van der Waals surface area contributed by atoms with Gasteiger partial charge in [0.25, 0.3) is 0 Å². The molecule has 0 aliphatic carbocycles. The quantitative estimate of drug-likeness (QED) is 0.856. The van der Waals surface area contributed by atoms with Crippen molar-refractivity contribution in [3.63, 3.8) is 0 Å². The van der Waals surface area contributed by atoms with Crippen molar-refractivity contribution < 1.29 is 14.3 Å². The normalized spacial score (nSPS) is 17.5. The van der Waals surface area contributed by atoms with Gasteiger partial charge in [0, 0.05) is 12.2 Å². The summed E-state index contributed by atoms with van der Waals surface area (Å²) in [5, 5.41) is 2.93. The van der Waals surface area contributed by atoms with Crippen LogP contribution < -0.4 is 14.8 Å². The van der Waals surface area contributed by atoms with E-state index < -0.39 is 0 Å². The number of likely N-dealkylation sites (tertiary alicyclic amines) is 1. The predicted octanol–water partition coefficient (Wildman–Crippen LogP) is 2.28. The monoisotopic (exact) mass is 356 g/mol. The SMILES string of the molecule is COc1cnc(OC2CCCN(CC(=O)Nc3ccc(C)cc3)C2)nc1. The second kappa shape index (κ2) is 8.62. The first-order valence-electron chi connectivity index (χ1n) is 8.74. The Bertz CT molecular complexity index is 719. The number of carbonyl (C=O) groups is 1. The van der Waals surface area contributed by atoms with Gasteiger partial charge in [0.2, 0.25) is 5.91 Å². The fourth-order valence-corrected chi connectivity index (χ4v) is 2.91. The molecule has 0 radical (unpaired) electrons. The van der Waals surface area contributed by atoms with Gasteiger partial charge in [-0.2, -0.15) is 9.97 Å². The molecule has 2 aromatic rings. The van der Waals surface area contributed by atoms with Crippen LogP contribution in [0, 0.1) is 6.92 Å². The molecule has 1 atom stereocenters. The molecule has 0 saturated carbocycles. The third-order valence-corrected chi connectivity index (χ3v) is 4.28. The molecule has 138 valence electrons. The number of rotatable bonds is 6. The molecule has 0 bridgehead atoms. The van der Waals surface area contributed by atoms with E-state index in [-0.39, 0.29) is 12.0 Å². The summed E-state index contributed by atoms with van der Waals surface area (Å²) in [5.41, 5.74) is 1.98. The summed E-state index contributed by atoms with van der Waals surface area (Å²) >= 11 is 0. The first kappa shape index (κ1) is 18.1. The number of carbonyl (C=O) groups excluding carboxylic acids is 1. The average molecular weight is 356 g/mol. The van der Waals surface area contributed by atoms with Crippen molar-refractivity contribution in [1.82, 2.24) is 14.9 Å². The summed E-state index contributed by atoms with van der Waals surface area (Å²) in [6, 6.07) is 8.12. The highest BCUT2D eigenvalue weighted by Crippen LogP contribution is 2.17. The van der Waals surface area contributed by atoms with Gasteiger partial charge in [-0.15, -0.1) is 0 Å². The lowest BCUT2D eigenvalue weighted by molar-refractivity contribution is -0.117. The number of nitrogens with zero attached hydrogens (tertiary/aromatic N) is 3. The highest BCUT2D eigenvalue weighted by atomic mass is 16.5. The molecule has 1 aliphatic heterocycles. The number of piperidine rings is 1. The van der Waals surface area contributed by atoms with Gasteiger partial charge >= 0.3 is 6.01 Å². The second-order valence-electron chi connectivity index (χ2n) is 6.44. The minimum atomic E-state index is -0.0238. The summed E-state index contributed by atoms with van der Waals surface area (Å²) in [6.07, 6.45) is 5.03.